The van der Waals surface area contributed by atoms with Gasteiger partial charge in [-0.3, -0.25) is 19.4 Å². The van der Waals surface area contributed by atoms with Gasteiger partial charge in [0.2, 0.25) is 0 Å². The zero-order chi connectivity index (χ0) is 15.1. The lowest BCUT2D eigenvalue weighted by Gasteiger charge is -2.45. The summed E-state index contributed by atoms with van der Waals surface area (Å²) in [6.45, 7) is 1.62. The number of hydrogen-bond acceptors (Lipinski definition) is 3. The molecule has 22 heavy (non-hydrogen) atoms. The number of carbonyl (C=O) groups excluding carboxylic acids is 2. The lowest BCUT2D eigenvalue weighted by Crippen LogP contribution is -2.52. The van der Waals surface area contributed by atoms with Crippen molar-refractivity contribution in [2.75, 3.05) is 18.1 Å². The maximum atomic E-state index is 12.3. The molecule has 1 saturated carbocycles. The third-order valence-electron chi connectivity index (χ3n) is 5.56. The first-order chi connectivity index (χ1) is 10.8. The van der Waals surface area contributed by atoms with Crippen LogP contribution in [-0.2, 0) is 4.79 Å². The lowest BCUT2D eigenvalue weighted by molar-refractivity contribution is -0.115. The molecule has 0 unspecified atom stereocenters. The van der Waals surface area contributed by atoms with E-state index in [1.54, 1.807) is 11.0 Å². The predicted octanol–water partition coefficient (Wildman–Crippen LogP) is 2.83. The van der Waals surface area contributed by atoms with Crippen LogP contribution in [0.4, 0.5) is 5.69 Å². The molecule has 2 fully saturated rings. The molecule has 4 rings (SSSR count). The van der Waals surface area contributed by atoms with Crippen molar-refractivity contribution >= 4 is 17.4 Å². The fourth-order valence-electron chi connectivity index (χ4n) is 4.47. The Balaban J connectivity index is 1.58. The van der Waals surface area contributed by atoms with E-state index in [2.05, 4.69) is 4.90 Å². The first kappa shape index (κ1) is 13.9. The Hall–Kier alpha value is -1.68. The molecule has 1 aromatic carbocycles. The summed E-state index contributed by atoms with van der Waals surface area (Å²) in [5, 5.41) is 0. The summed E-state index contributed by atoms with van der Waals surface area (Å²) in [5.74, 6) is 0.0677. The molecule has 116 valence electrons. The van der Waals surface area contributed by atoms with E-state index in [-0.39, 0.29) is 11.7 Å². The number of ketones is 1. The highest BCUT2D eigenvalue weighted by atomic mass is 16.2. The van der Waals surface area contributed by atoms with Crippen LogP contribution in [0.2, 0.25) is 0 Å². The number of Topliss-reactive ketones (excluding diaryl/α,β-unsaturated/α-hetero) is 1. The second-order valence-corrected chi connectivity index (χ2v) is 6.79. The van der Waals surface area contributed by atoms with E-state index < -0.39 is 0 Å². The van der Waals surface area contributed by atoms with Gasteiger partial charge in [-0.05, 0) is 43.7 Å². The van der Waals surface area contributed by atoms with Gasteiger partial charge in [-0.25, -0.2) is 0 Å². The molecule has 0 N–H and O–H groups in total. The smallest absolute Gasteiger partial charge is 0.291 e. The van der Waals surface area contributed by atoms with Crippen LogP contribution in [0, 0.1) is 5.92 Å². The van der Waals surface area contributed by atoms with E-state index in [0.717, 1.165) is 18.2 Å². The summed E-state index contributed by atoms with van der Waals surface area (Å²) in [5.41, 5.74) is 1.35. The Kier molecular flexibility index (Phi) is 3.49. The van der Waals surface area contributed by atoms with Crippen LogP contribution in [0.15, 0.2) is 24.3 Å². The summed E-state index contributed by atoms with van der Waals surface area (Å²) >= 11 is 0. The molecule has 0 bridgehead atoms. The third-order valence-corrected chi connectivity index (χ3v) is 5.56. The standard InChI is InChI=1S/C18H22N2O2/c21-17-14-8-2-4-10-16(14)20(18(17)22)12-19-11-5-7-13-6-1-3-9-15(13)19/h2,4,8,10,13,15H,1,3,5-7,9,11-12H2/t13-,15+/m1/s1. The average molecular weight is 298 g/mol. The third kappa shape index (κ3) is 2.17. The zero-order valence-corrected chi connectivity index (χ0v) is 12.8. The number of amides is 1. The first-order valence-corrected chi connectivity index (χ1v) is 8.45. The normalized spacial score (nSPS) is 28.6. The van der Waals surface area contributed by atoms with E-state index in [1.165, 1.54) is 38.5 Å². The molecule has 0 radical (unpaired) electrons. The molecule has 4 nitrogen and oxygen atoms in total. The Morgan fingerprint density at radius 1 is 1.00 bits per heavy atom. The highest BCUT2D eigenvalue weighted by Gasteiger charge is 2.39. The highest BCUT2D eigenvalue weighted by Crippen LogP contribution is 2.36. The minimum absolute atomic E-state index is 0.354. The average Bonchev–Trinajstić information content (AvgIpc) is 2.81. The Morgan fingerprint density at radius 2 is 1.77 bits per heavy atom. The summed E-state index contributed by atoms with van der Waals surface area (Å²) in [6, 6.07) is 7.97. The quantitative estimate of drug-likeness (QED) is 0.788. The monoisotopic (exact) mass is 298 g/mol. The number of fused-ring (bicyclic) bond motifs is 2. The fraction of sp³-hybridized carbons (Fsp3) is 0.556. The number of carbonyl (C=O) groups is 2. The molecular weight excluding hydrogens is 276 g/mol. The molecule has 4 heteroatoms. The topological polar surface area (TPSA) is 40.6 Å². The Labute approximate surface area is 131 Å². The van der Waals surface area contributed by atoms with Crippen molar-refractivity contribution in [1.82, 2.24) is 4.90 Å². The number of para-hydroxylation sites is 1. The van der Waals surface area contributed by atoms with Gasteiger partial charge < -0.3 is 0 Å². The molecule has 2 heterocycles. The van der Waals surface area contributed by atoms with Crippen molar-refractivity contribution in [2.45, 2.75) is 44.6 Å². The molecular formula is C18H22N2O2. The van der Waals surface area contributed by atoms with Crippen molar-refractivity contribution in [3.8, 4) is 0 Å². The maximum absolute atomic E-state index is 12.3. The maximum Gasteiger partial charge on any atom is 0.300 e. The van der Waals surface area contributed by atoms with E-state index in [9.17, 15) is 9.59 Å². The Morgan fingerprint density at radius 3 is 2.68 bits per heavy atom. The van der Waals surface area contributed by atoms with Gasteiger partial charge in [0, 0.05) is 12.6 Å². The van der Waals surface area contributed by atoms with Crippen LogP contribution in [0.3, 0.4) is 0 Å². The number of benzene rings is 1. The van der Waals surface area contributed by atoms with Crippen LogP contribution in [0.1, 0.15) is 48.9 Å². The fourth-order valence-corrected chi connectivity index (χ4v) is 4.47. The Bertz CT molecular complexity index is 611. The van der Waals surface area contributed by atoms with E-state index in [4.69, 9.17) is 0 Å². The second kappa shape index (κ2) is 5.51. The molecule has 0 aromatic heterocycles. The van der Waals surface area contributed by atoms with E-state index >= 15 is 0 Å². The number of rotatable bonds is 2. The number of piperidine rings is 1. The highest BCUT2D eigenvalue weighted by molar-refractivity contribution is 6.52. The number of anilines is 1. The van der Waals surface area contributed by atoms with Gasteiger partial charge in [0.05, 0.1) is 17.9 Å². The second-order valence-electron chi connectivity index (χ2n) is 6.79. The summed E-state index contributed by atoms with van der Waals surface area (Å²) in [7, 11) is 0. The van der Waals surface area contributed by atoms with Crippen molar-refractivity contribution in [2.24, 2.45) is 5.92 Å². The number of likely N-dealkylation sites (tertiary alicyclic amines) is 1. The summed E-state index contributed by atoms with van der Waals surface area (Å²) in [6.07, 6.45) is 7.73. The minimum Gasteiger partial charge on any atom is -0.291 e. The largest absolute Gasteiger partial charge is 0.300 e. The lowest BCUT2D eigenvalue weighted by atomic mass is 9.78. The molecule has 1 amide bonds. The van der Waals surface area contributed by atoms with Crippen LogP contribution in [0.5, 0.6) is 0 Å². The van der Waals surface area contributed by atoms with Gasteiger partial charge in [0.15, 0.2) is 0 Å². The predicted molar refractivity (Wildman–Crippen MR) is 84.8 cm³/mol. The van der Waals surface area contributed by atoms with E-state index in [1.807, 2.05) is 18.2 Å². The molecule has 2 atom stereocenters. The molecule has 1 saturated heterocycles. The van der Waals surface area contributed by atoms with Gasteiger partial charge >= 0.3 is 5.91 Å². The van der Waals surface area contributed by atoms with Gasteiger partial charge in [-0.2, -0.15) is 0 Å². The molecule has 2 aliphatic heterocycles. The van der Waals surface area contributed by atoms with Crippen LogP contribution in [-0.4, -0.2) is 35.8 Å². The molecule has 1 aliphatic carbocycles. The van der Waals surface area contributed by atoms with Gasteiger partial charge in [0.25, 0.3) is 5.78 Å². The van der Waals surface area contributed by atoms with Gasteiger partial charge in [-0.15, -0.1) is 0 Å². The SMILES string of the molecule is O=C1C(=O)N(CN2CCC[C@H]3CCCC[C@@H]32)c2ccccc21. The van der Waals surface area contributed by atoms with Crippen molar-refractivity contribution in [3.05, 3.63) is 29.8 Å². The van der Waals surface area contributed by atoms with Crippen molar-refractivity contribution < 1.29 is 9.59 Å². The van der Waals surface area contributed by atoms with Crippen LogP contribution >= 0.6 is 0 Å². The minimum atomic E-state index is -0.362. The van der Waals surface area contributed by atoms with Crippen molar-refractivity contribution in [1.29, 1.82) is 0 Å². The van der Waals surface area contributed by atoms with Crippen LogP contribution in [0.25, 0.3) is 0 Å². The van der Waals surface area contributed by atoms with Gasteiger partial charge in [-0.1, -0.05) is 25.0 Å². The summed E-state index contributed by atoms with van der Waals surface area (Å²) < 4.78 is 0. The molecule has 0 spiro atoms. The molecule has 3 aliphatic rings. The van der Waals surface area contributed by atoms with Crippen LogP contribution < -0.4 is 4.90 Å². The first-order valence-electron chi connectivity index (χ1n) is 8.45. The van der Waals surface area contributed by atoms with Gasteiger partial charge in [0.1, 0.15) is 0 Å². The van der Waals surface area contributed by atoms with E-state index in [0.29, 0.717) is 18.3 Å². The zero-order valence-electron chi connectivity index (χ0n) is 12.8. The molecule has 1 aromatic rings. The number of nitrogens with zero attached hydrogens (tertiary/aromatic N) is 2. The summed E-state index contributed by atoms with van der Waals surface area (Å²) in [4.78, 5) is 28.6. The number of hydrogen-bond donors (Lipinski definition) is 0. The van der Waals surface area contributed by atoms with Crippen molar-refractivity contribution in [3.63, 3.8) is 0 Å².